The molecular weight excluding hydrogens is 1060 g/mol. The highest BCUT2D eigenvalue weighted by atomic mass is 16.7. The number of rotatable bonds is 54. The number of hydrogen-bond donors (Lipinski definition) is 9. The van der Waals surface area contributed by atoms with E-state index in [9.17, 15) is 45.6 Å². The maximum atomic E-state index is 13.3. The van der Waals surface area contributed by atoms with Gasteiger partial charge in [-0.2, -0.15) is 0 Å². The molecule has 0 aromatic heterocycles. The monoisotopic (exact) mass is 1190 g/mol. The molecule has 0 aromatic rings. The maximum Gasteiger partial charge on any atom is 0.220 e. The fourth-order valence-electron chi connectivity index (χ4n) is 10.7. The van der Waals surface area contributed by atoms with Crippen molar-refractivity contribution in [3.05, 3.63) is 85.1 Å². The number of hydrogen-bond acceptors (Lipinski definition) is 13. The van der Waals surface area contributed by atoms with E-state index in [1.807, 2.05) is 0 Å². The van der Waals surface area contributed by atoms with E-state index in [2.05, 4.69) is 104 Å². The first kappa shape index (κ1) is 77.3. The number of carbonyl (C=O) groups excluding carboxylic acids is 1. The summed E-state index contributed by atoms with van der Waals surface area (Å²) in [6, 6.07) is -0.847. The Balaban J connectivity index is 1.72. The van der Waals surface area contributed by atoms with Crippen LogP contribution in [0.5, 0.6) is 0 Å². The number of allylic oxidation sites excluding steroid dienone is 14. The molecule has 2 aliphatic heterocycles. The summed E-state index contributed by atoms with van der Waals surface area (Å²) >= 11 is 0. The van der Waals surface area contributed by atoms with E-state index < -0.39 is 86.8 Å². The summed E-state index contributed by atoms with van der Waals surface area (Å²) in [5.41, 5.74) is 0. The van der Waals surface area contributed by atoms with E-state index in [0.717, 1.165) is 103 Å². The predicted molar refractivity (Wildman–Crippen MR) is 341 cm³/mol. The molecule has 14 nitrogen and oxygen atoms in total. The van der Waals surface area contributed by atoms with Gasteiger partial charge in [0.05, 0.1) is 32.0 Å². The second-order valence-corrected chi connectivity index (χ2v) is 23.6. The highest BCUT2D eigenvalue weighted by Crippen LogP contribution is 2.30. The average molecular weight is 1190 g/mol. The Kier molecular flexibility index (Phi) is 50.0. The lowest BCUT2D eigenvalue weighted by atomic mass is 9.97. The van der Waals surface area contributed by atoms with Gasteiger partial charge < -0.3 is 65.1 Å². The number of unbranched alkanes of at least 4 members (excludes halogenated alkanes) is 27. The van der Waals surface area contributed by atoms with E-state index in [4.69, 9.17) is 18.9 Å². The second-order valence-electron chi connectivity index (χ2n) is 23.6. The molecule has 0 radical (unpaired) electrons. The van der Waals surface area contributed by atoms with Gasteiger partial charge >= 0.3 is 0 Å². The summed E-state index contributed by atoms with van der Waals surface area (Å²) in [5, 5.41) is 87.6. The maximum absolute atomic E-state index is 13.3. The van der Waals surface area contributed by atoms with Crippen LogP contribution in [0.2, 0.25) is 0 Å². The first-order valence-corrected chi connectivity index (χ1v) is 33.8. The third-order valence-corrected chi connectivity index (χ3v) is 16.1. The zero-order valence-corrected chi connectivity index (χ0v) is 52.6. The molecule has 2 saturated heterocycles. The Morgan fingerprint density at radius 1 is 0.440 bits per heavy atom. The topological polar surface area (TPSA) is 228 Å². The molecule has 12 atom stereocenters. The first-order chi connectivity index (χ1) is 41.1. The molecule has 12 unspecified atom stereocenters. The molecule has 9 N–H and O–H groups in total. The number of aliphatic hydroxyl groups excluding tert-OH is 8. The molecule has 2 fully saturated rings. The van der Waals surface area contributed by atoms with Crippen LogP contribution in [0.15, 0.2) is 85.1 Å². The molecule has 0 spiro atoms. The van der Waals surface area contributed by atoms with Crippen LogP contribution in [-0.4, -0.2) is 140 Å². The number of carbonyl (C=O) groups is 1. The van der Waals surface area contributed by atoms with Crippen molar-refractivity contribution in [2.24, 2.45) is 0 Å². The zero-order chi connectivity index (χ0) is 60.9. The van der Waals surface area contributed by atoms with Crippen molar-refractivity contribution in [2.45, 2.75) is 331 Å². The fourth-order valence-corrected chi connectivity index (χ4v) is 10.7. The van der Waals surface area contributed by atoms with Crippen LogP contribution in [0.25, 0.3) is 0 Å². The molecule has 1 amide bonds. The van der Waals surface area contributed by atoms with Gasteiger partial charge in [-0.05, 0) is 70.6 Å². The molecule has 2 rings (SSSR count). The van der Waals surface area contributed by atoms with Crippen LogP contribution in [0.3, 0.4) is 0 Å². The van der Waals surface area contributed by atoms with Crippen LogP contribution < -0.4 is 5.32 Å². The van der Waals surface area contributed by atoms with Gasteiger partial charge in [0.1, 0.15) is 48.8 Å². The summed E-state index contributed by atoms with van der Waals surface area (Å²) in [5.74, 6) is -0.226. The average Bonchev–Trinajstić information content (AvgIpc) is 3.62. The number of aliphatic hydroxyl groups is 8. The third kappa shape index (κ3) is 38.4. The van der Waals surface area contributed by atoms with E-state index in [1.54, 1.807) is 0 Å². The van der Waals surface area contributed by atoms with Crippen molar-refractivity contribution in [2.75, 3.05) is 19.8 Å². The molecule has 486 valence electrons. The third-order valence-electron chi connectivity index (χ3n) is 16.1. The van der Waals surface area contributed by atoms with E-state index in [0.29, 0.717) is 12.8 Å². The van der Waals surface area contributed by atoms with Gasteiger partial charge in [0.15, 0.2) is 12.6 Å². The van der Waals surface area contributed by atoms with Crippen molar-refractivity contribution < 1.29 is 64.6 Å². The lowest BCUT2D eigenvalue weighted by molar-refractivity contribution is -0.359. The molecule has 0 aromatic carbocycles. The lowest BCUT2D eigenvalue weighted by Crippen LogP contribution is -2.65. The summed E-state index contributed by atoms with van der Waals surface area (Å²) < 4.78 is 22.9. The largest absolute Gasteiger partial charge is 0.394 e. The molecule has 0 saturated carbocycles. The molecule has 84 heavy (non-hydrogen) atoms. The van der Waals surface area contributed by atoms with Crippen LogP contribution in [-0.2, 0) is 23.7 Å². The molecular formula is C70H123NO13. The van der Waals surface area contributed by atoms with Gasteiger partial charge in [-0.1, -0.05) is 266 Å². The fraction of sp³-hybridized carbons (Fsp3) is 0.786. The Hall–Kier alpha value is -2.83. The van der Waals surface area contributed by atoms with Crippen molar-refractivity contribution in [3.8, 4) is 0 Å². The summed E-state index contributed by atoms with van der Waals surface area (Å²) in [7, 11) is 0. The quantitative estimate of drug-likeness (QED) is 0.0204. The van der Waals surface area contributed by atoms with Crippen molar-refractivity contribution >= 4 is 5.91 Å². The molecule has 2 heterocycles. The highest BCUT2D eigenvalue weighted by molar-refractivity contribution is 5.76. The minimum Gasteiger partial charge on any atom is -0.394 e. The van der Waals surface area contributed by atoms with Crippen LogP contribution in [0.1, 0.15) is 258 Å². The number of ether oxygens (including phenoxy) is 4. The van der Waals surface area contributed by atoms with Crippen molar-refractivity contribution in [3.63, 3.8) is 0 Å². The number of nitrogens with one attached hydrogen (secondary N) is 1. The Labute approximate surface area is 510 Å². The summed E-state index contributed by atoms with van der Waals surface area (Å²) in [6.45, 7) is 2.75. The van der Waals surface area contributed by atoms with Gasteiger partial charge in [0, 0.05) is 6.42 Å². The summed E-state index contributed by atoms with van der Waals surface area (Å²) in [4.78, 5) is 13.3. The molecule has 0 aliphatic carbocycles. The lowest BCUT2D eigenvalue weighted by Gasteiger charge is -2.46. The Morgan fingerprint density at radius 3 is 1.26 bits per heavy atom. The minimum atomic E-state index is -1.79. The van der Waals surface area contributed by atoms with Gasteiger partial charge in [-0.25, -0.2) is 0 Å². The van der Waals surface area contributed by atoms with E-state index in [1.165, 1.54) is 122 Å². The Morgan fingerprint density at radius 2 is 0.821 bits per heavy atom. The highest BCUT2D eigenvalue weighted by Gasteiger charge is 2.51. The van der Waals surface area contributed by atoms with Crippen LogP contribution in [0, 0.1) is 0 Å². The Bertz CT molecular complexity index is 1730. The molecule has 2 aliphatic rings. The summed E-state index contributed by atoms with van der Waals surface area (Å²) in [6.07, 6.45) is 57.2. The second kappa shape index (κ2) is 54.3. The number of amides is 1. The first-order valence-electron chi connectivity index (χ1n) is 33.8. The molecule has 0 bridgehead atoms. The smallest absolute Gasteiger partial charge is 0.220 e. The van der Waals surface area contributed by atoms with Crippen LogP contribution in [0.4, 0.5) is 0 Å². The van der Waals surface area contributed by atoms with E-state index >= 15 is 0 Å². The van der Waals surface area contributed by atoms with Gasteiger partial charge in [0.25, 0.3) is 0 Å². The predicted octanol–water partition coefficient (Wildman–Crippen LogP) is 13.2. The van der Waals surface area contributed by atoms with Gasteiger partial charge in [-0.15, -0.1) is 0 Å². The van der Waals surface area contributed by atoms with Crippen LogP contribution >= 0.6 is 0 Å². The normalized spacial score (nSPS) is 24.2. The van der Waals surface area contributed by atoms with Crippen molar-refractivity contribution in [1.29, 1.82) is 0 Å². The van der Waals surface area contributed by atoms with E-state index in [-0.39, 0.29) is 18.9 Å². The zero-order valence-electron chi connectivity index (χ0n) is 52.6. The standard InChI is InChI=1S/C70H123NO13/c1-3-5-7-9-11-13-15-17-19-21-23-25-27-28-29-30-32-34-36-38-40-42-44-46-48-50-52-54-62(75)71-58(57-81-69-67(80)65(78)68(61(56-73)83-69)84-70-66(79)64(77)63(76)60(55-72)82-70)59(74)53-51-49-47-45-43-41-39-37-35-33-31-26-24-22-20-18-16-14-12-10-8-6-4-2/h5,7,11,13,17,19,23,25,28-29,32,34,38,40,58-61,63-70,72-74,76-80H,3-4,6,8-10,12,14-16,18,20-22,24,26-27,30-31,33,35-37,39,41-57H2,1-2H3,(H,71,75)/b7-5-,13-11-,19-17-,25-23-,29-28-,34-32-,40-38-. The molecule has 14 heteroatoms. The van der Waals surface area contributed by atoms with Gasteiger partial charge in [-0.3, -0.25) is 4.79 Å². The SMILES string of the molecule is CC/C=C\C/C=C\C/C=C\C/C=C\C/C=C\C/C=C\C/C=C\CCCCCCCC(=O)NC(COC1OC(CO)C(OC2OC(CO)C(O)C(O)C2O)C(O)C1O)C(O)CCCCCCCCCCCCCCCCCCCCCCCCC. The van der Waals surface area contributed by atoms with Gasteiger partial charge in [0.2, 0.25) is 5.91 Å². The van der Waals surface area contributed by atoms with Crippen molar-refractivity contribution in [1.82, 2.24) is 5.32 Å². The minimum absolute atomic E-state index is 0.226.